The molecule has 0 heterocycles. The van der Waals surface area contributed by atoms with Crippen LogP contribution in [0.5, 0.6) is 11.5 Å². The van der Waals surface area contributed by atoms with Gasteiger partial charge < -0.3 is 9.47 Å². The Kier molecular flexibility index (Phi) is 38.8. The summed E-state index contributed by atoms with van der Waals surface area (Å²) in [4.78, 5) is 0. The van der Waals surface area contributed by atoms with Gasteiger partial charge in [0, 0.05) is 0 Å². The van der Waals surface area contributed by atoms with Crippen LogP contribution >= 0.6 is 0 Å². The summed E-state index contributed by atoms with van der Waals surface area (Å²) in [6, 6.07) is 15.9. The fourth-order valence-electron chi connectivity index (χ4n) is 8.43. The molecule has 0 aromatic heterocycles. The van der Waals surface area contributed by atoms with Crippen LogP contribution in [0.15, 0.2) is 58.8 Å². The molecule has 0 atom stereocenters. The SMILES string of the molecule is CCCCCCCCCCCCCCCCCCCCCCOc1ccc(/N=N/c2ccc(OCCCCCCCCCCCCCCCCCCCCCC)cc2)cc1. The minimum atomic E-state index is 0.786. The molecule has 0 bridgehead atoms. The highest BCUT2D eigenvalue weighted by atomic mass is 16.5. The van der Waals surface area contributed by atoms with Crippen LogP contribution in [0.3, 0.4) is 0 Å². The van der Waals surface area contributed by atoms with Gasteiger partial charge in [0.2, 0.25) is 0 Å². The zero-order chi connectivity index (χ0) is 42.5. The third-order valence-corrected chi connectivity index (χ3v) is 12.5. The van der Waals surface area contributed by atoms with Gasteiger partial charge in [0.15, 0.2) is 0 Å². The highest BCUT2D eigenvalue weighted by molar-refractivity contribution is 5.44. The van der Waals surface area contributed by atoms with Crippen LogP contribution in [-0.4, -0.2) is 13.2 Å². The average molecular weight is 831 g/mol. The standard InChI is InChI=1S/C56H98N2O2/c1-3-5-7-9-11-13-15-17-19-21-23-25-27-29-31-33-35-37-39-41-51-59-55-47-43-53(44-48-55)57-58-54-45-49-56(50-46-54)60-52-42-40-38-36-34-32-30-28-26-24-22-20-18-16-14-12-10-8-6-4-2/h43-50H,3-42,51-52H2,1-2H3/b58-57+. The van der Waals surface area contributed by atoms with Gasteiger partial charge in [0.1, 0.15) is 11.5 Å². The molecule has 0 aliphatic rings. The zero-order valence-electron chi connectivity index (χ0n) is 40.0. The van der Waals surface area contributed by atoms with E-state index in [1.165, 1.54) is 244 Å². The van der Waals surface area contributed by atoms with Gasteiger partial charge in [-0.05, 0) is 61.4 Å². The second kappa shape index (κ2) is 43.3. The van der Waals surface area contributed by atoms with Crippen molar-refractivity contribution in [2.75, 3.05) is 13.2 Å². The van der Waals surface area contributed by atoms with Crippen molar-refractivity contribution in [1.82, 2.24) is 0 Å². The molecule has 0 saturated carbocycles. The summed E-state index contributed by atoms with van der Waals surface area (Å²) in [5, 5.41) is 8.85. The topological polar surface area (TPSA) is 43.2 Å². The van der Waals surface area contributed by atoms with Gasteiger partial charge in [0.05, 0.1) is 24.6 Å². The molecule has 2 aromatic rings. The first-order valence-electron chi connectivity index (χ1n) is 26.7. The molecule has 344 valence electrons. The average Bonchev–Trinajstić information content (AvgIpc) is 3.27. The Balaban J connectivity index is 1.33. The molecule has 0 spiro atoms. The molecule has 0 unspecified atom stereocenters. The smallest absolute Gasteiger partial charge is 0.119 e. The van der Waals surface area contributed by atoms with Crippen molar-refractivity contribution in [1.29, 1.82) is 0 Å². The van der Waals surface area contributed by atoms with Crippen LogP contribution in [-0.2, 0) is 0 Å². The molecule has 2 aromatic carbocycles. The first kappa shape index (κ1) is 53.8. The van der Waals surface area contributed by atoms with E-state index in [1.807, 2.05) is 48.5 Å². The maximum absolute atomic E-state index is 5.99. The molecule has 4 nitrogen and oxygen atoms in total. The number of nitrogens with zero attached hydrogens (tertiary/aromatic N) is 2. The van der Waals surface area contributed by atoms with E-state index in [4.69, 9.17) is 9.47 Å². The Hall–Kier alpha value is -2.36. The van der Waals surface area contributed by atoms with Gasteiger partial charge in [0.25, 0.3) is 0 Å². The molecule has 4 heteroatoms. The predicted molar refractivity (Wildman–Crippen MR) is 264 cm³/mol. The number of benzene rings is 2. The summed E-state index contributed by atoms with van der Waals surface area (Å²) in [6.07, 6.45) is 56.2. The second-order valence-corrected chi connectivity index (χ2v) is 18.3. The maximum atomic E-state index is 5.99. The van der Waals surface area contributed by atoms with Gasteiger partial charge in [-0.25, -0.2) is 0 Å². The lowest BCUT2D eigenvalue weighted by atomic mass is 10.0. The van der Waals surface area contributed by atoms with Crippen molar-refractivity contribution in [2.24, 2.45) is 10.2 Å². The Morgan fingerprint density at radius 1 is 0.250 bits per heavy atom. The monoisotopic (exact) mass is 831 g/mol. The fourth-order valence-corrected chi connectivity index (χ4v) is 8.43. The van der Waals surface area contributed by atoms with Crippen molar-refractivity contribution in [3.05, 3.63) is 48.5 Å². The zero-order valence-corrected chi connectivity index (χ0v) is 40.0. The number of azo groups is 1. The lowest BCUT2D eigenvalue weighted by Gasteiger charge is -2.07. The van der Waals surface area contributed by atoms with Crippen molar-refractivity contribution in [2.45, 2.75) is 271 Å². The molecule has 0 N–H and O–H groups in total. The summed E-state index contributed by atoms with van der Waals surface area (Å²) < 4.78 is 12.0. The van der Waals surface area contributed by atoms with Crippen molar-refractivity contribution < 1.29 is 9.47 Å². The Bertz CT molecular complexity index is 1070. The lowest BCUT2D eigenvalue weighted by Crippen LogP contribution is -1.97. The summed E-state index contributed by atoms with van der Waals surface area (Å²) in [5.41, 5.74) is 1.67. The van der Waals surface area contributed by atoms with E-state index < -0.39 is 0 Å². The van der Waals surface area contributed by atoms with Gasteiger partial charge in [-0.1, -0.05) is 258 Å². The quantitative estimate of drug-likeness (QED) is 0.0493. The third-order valence-electron chi connectivity index (χ3n) is 12.5. The summed E-state index contributed by atoms with van der Waals surface area (Å²) >= 11 is 0. The molecular formula is C56H98N2O2. The van der Waals surface area contributed by atoms with Crippen LogP contribution in [0.4, 0.5) is 11.4 Å². The Morgan fingerprint density at radius 2 is 0.433 bits per heavy atom. The molecule has 60 heavy (non-hydrogen) atoms. The molecule has 2 rings (SSSR count). The highest BCUT2D eigenvalue weighted by Gasteiger charge is 2.01. The van der Waals surface area contributed by atoms with E-state index in [9.17, 15) is 0 Å². The number of unbranched alkanes of at least 4 members (excludes halogenated alkanes) is 38. The van der Waals surface area contributed by atoms with Crippen molar-refractivity contribution in [3.8, 4) is 11.5 Å². The van der Waals surface area contributed by atoms with Crippen molar-refractivity contribution in [3.63, 3.8) is 0 Å². The summed E-state index contributed by atoms with van der Waals surface area (Å²) in [5.74, 6) is 1.82. The molecule has 0 aliphatic carbocycles. The molecular weight excluding hydrogens is 733 g/mol. The van der Waals surface area contributed by atoms with Gasteiger partial charge in [-0.2, -0.15) is 10.2 Å². The summed E-state index contributed by atoms with van der Waals surface area (Å²) in [6.45, 7) is 6.17. The van der Waals surface area contributed by atoms with E-state index in [1.54, 1.807) is 0 Å². The van der Waals surface area contributed by atoms with E-state index >= 15 is 0 Å². The van der Waals surface area contributed by atoms with E-state index in [0.717, 1.165) is 48.9 Å². The summed E-state index contributed by atoms with van der Waals surface area (Å²) in [7, 11) is 0. The van der Waals surface area contributed by atoms with Gasteiger partial charge in [-0.15, -0.1) is 0 Å². The van der Waals surface area contributed by atoms with Crippen LogP contribution in [0.2, 0.25) is 0 Å². The lowest BCUT2D eigenvalue weighted by molar-refractivity contribution is 0.304. The minimum absolute atomic E-state index is 0.786. The van der Waals surface area contributed by atoms with Crippen LogP contribution < -0.4 is 9.47 Å². The fraction of sp³-hybridized carbons (Fsp3) is 0.786. The molecule has 0 fully saturated rings. The number of hydrogen-bond donors (Lipinski definition) is 0. The highest BCUT2D eigenvalue weighted by Crippen LogP contribution is 2.24. The second-order valence-electron chi connectivity index (χ2n) is 18.3. The molecule has 0 amide bonds. The van der Waals surface area contributed by atoms with Crippen LogP contribution in [0.25, 0.3) is 0 Å². The van der Waals surface area contributed by atoms with Crippen LogP contribution in [0.1, 0.15) is 271 Å². The third kappa shape index (κ3) is 35.3. The largest absolute Gasteiger partial charge is 0.494 e. The predicted octanol–water partition coefficient (Wildman–Crippen LogP) is 20.5. The molecule has 0 radical (unpaired) electrons. The van der Waals surface area contributed by atoms with E-state index in [-0.39, 0.29) is 0 Å². The number of ether oxygens (including phenoxy) is 2. The first-order chi connectivity index (χ1) is 29.8. The minimum Gasteiger partial charge on any atom is -0.494 e. The molecule has 0 aliphatic heterocycles. The molecule has 0 saturated heterocycles. The Morgan fingerprint density at radius 3 is 0.633 bits per heavy atom. The van der Waals surface area contributed by atoms with E-state index in [0.29, 0.717) is 0 Å². The maximum Gasteiger partial charge on any atom is 0.119 e. The van der Waals surface area contributed by atoms with Crippen LogP contribution in [0, 0.1) is 0 Å². The number of hydrogen-bond acceptors (Lipinski definition) is 4. The van der Waals surface area contributed by atoms with Gasteiger partial charge >= 0.3 is 0 Å². The van der Waals surface area contributed by atoms with Gasteiger partial charge in [-0.3, -0.25) is 0 Å². The normalized spacial score (nSPS) is 11.6. The first-order valence-corrected chi connectivity index (χ1v) is 26.7. The van der Waals surface area contributed by atoms with Crippen molar-refractivity contribution >= 4 is 11.4 Å². The number of rotatable bonds is 46. The van der Waals surface area contributed by atoms with E-state index in [2.05, 4.69) is 24.1 Å². The Labute approximate surface area is 373 Å².